The van der Waals surface area contributed by atoms with Crippen molar-refractivity contribution in [2.45, 2.75) is 57.1 Å². The molecular weight excluding hydrogens is 442 g/mol. The van der Waals surface area contributed by atoms with Crippen LogP contribution in [0.2, 0.25) is 0 Å². The molecule has 2 unspecified atom stereocenters. The van der Waals surface area contributed by atoms with Gasteiger partial charge in [0.05, 0.1) is 18.2 Å². The Morgan fingerprint density at radius 2 is 1.94 bits per heavy atom. The van der Waals surface area contributed by atoms with Gasteiger partial charge in [-0.3, -0.25) is 9.59 Å². The lowest BCUT2D eigenvalue weighted by atomic mass is 9.95. The number of methoxy groups -OCH3 is 1. The lowest BCUT2D eigenvalue weighted by Gasteiger charge is -2.36. The van der Waals surface area contributed by atoms with Crippen LogP contribution < -0.4 is 10.6 Å². The third-order valence-corrected chi connectivity index (χ3v) is 6.53. The Balaban J connectivity index is 2.28. The molecule has 0 saturated heterocycles. The number of carbonyl (C=O) groups excluding carboxylic acids is 3. The van der Waals surface area contributed by atoms with E-state index in [4.69, 9.17) is 9.47 Å². The van der Waals surface area contributed by atoms with Crippen molar-refractivity contribution in [1.29, 1.82) is 0 Å². The van der Waals surface area contributed by atoms with Crippen LogP contribution in [0.3, 0.4) is 0 Å². The number of hydrogen-bond acceptors (Lipinski definition) is 10. The van der Waals surface area contributed by atoms with Gasteiger partial charge in [0, 0.05) is 23.8 Å². The van der Waals surface area contributed by atoms with Crippen LogP contribution in [-0.2, 0) is 28.7 Å². The number of aliphatic carboxylic acids is 1. The first-order valence-electron chi connectivity index (χ1n) is 9.80. The van der Waals surface area contributed by atoms with E-state index in [-0.39, 0.29) is 23.6 Å². The monoisotopic (exact) mass is 471 g/mol. The molecule has 0 aliphatic carbocycles. The summed E-state index contributed by atoms with van der Waals surface area (Å²) in [5.74, 6) is -3.05. The van der Waals surface area contributed by atoms with Crippen molar-refractivity contribution in [3.63, 3.8) is 0 Å². The van der Waals surface area contributed by atoms with E-state index in [0.717, 1.165) is 23.9 Å². The van der Waals surface area contributed by atoms with E-state index in [1.807, 2.05) is 0 Å². The van der Waals surface area contributed by atoms with Gasteiger partial charge in [0.2, 0.25) is 5.91 Å². The predicted molar refractivity (Wildman–Crippen MR) is 114 cm³/mol. The third kappa shape index (κ3) is 5.25. The van der Waals surface area contributed by atoms with E-state index in [0.29, 0.717) is 5.57 Å². The van der Waals surface area contributed by atoms with Gasteiger partial charge in [0.25, 0.3) is 0 Å². The molecule has 11 nitrogen and oxygen atoms in total. The molecule has 0 bridgehead atoms. The number of rotatable bonds is 7. The van der Waals surface area contributed by atoms with Crippen LogP contribution in [0, 0.1) is 0 Å². The minimum Gasteiger partial charge on any atom is -0.477 e. The summed E-state index contributed by atoms with van der Waals surface area (Å²) in [6.07, 6.45) is 1.61. The van der Waals surface area contributed by atoms with Crippen molar-refractivity contribution in [3.05, 3.63) is 22.9 Å². The molecule has 0 fully saturated rings. The van der Waals surface area contributed by atoms with Gasteiger partial charge in [-0.1, -0.05) is 6.08 Å². The Labute approximate surface area is 190 Å². The van der Waals surface area contributed by atoms with Gasteiger partial charge in [-0.2, -0.15) is 5.06 Å². The highest BCUT2D eigenvalue weighted by Gasteiger charge is 2.48. The molecule has 32 heavy (non-hydrogen) atoms. The largest absolute Gasteiger partial charge is 0.477 e. The summed E-state index contributed by atoms with van der Waals surface area (Å²) < 4.78 is 9.73. The van der Waals surface area contributed by atoms with Gasteiger partial charge in [0.15, 0.2) is 6.04 Å². The van der Waals surface area contributed by atoms with Crippen LogP contribution >= 0.6 is 11.8 Å². The van der Waals surface area contributed by atoms with Crippen molar-refractivity contribution in [2.75, 3.05) is 19.5 Å². The van der Waals surface area contributed by atoms with Crippen LogP contribution in [-0.4, -0.2) is 81.2 Å². The number of esters is 2. The topological polar surface area (TPSA) is 154 Å². The van der Waals surface area contributed by atoms with Crippen LogP contribution in [0.5, 0.6) is 0 Å². The number of carboxylic acids is 1. The van der Waals surface area contributed by atoms with Gasteiger partial charge in [-0.15, -0.1) is 11.8 Å². The average molecular weight is 472 g/mol. The average Bonchev–Trinajstić information content (AvgIpc) is 2.88. The zero-order valence-corrected chi connectivity index (χ0v) is 19.7. The molecule has 2 heterocycles. The molecule has 4 N–H and O–H groups in total. The van der Waals surface area contributed by atoms with E-state index < -0.39 is 46.3 Å². The molecular formula is C20H29N3O8S. The lowest BCUT2D eigenvalue weighted by Crippen LogP contribution is -2.57. The Kier molecular flexibility index (Phi) is 7.63. The highest BCUT2D eigenvalue weighted by Crippen LogP contribution is 2.38. The van der Waals surface area contributed by atoms with Crippen molar-refractivity contribution < 1.29 is 39.0 Å². The van der Waals surface area contributed by atoms with Gasteiger partial charge in [0.1, 0.15) is 17.7 Å². The van der Waals surface area contributed by atoms with E-state index in [1.54, 1.807) is 33.8 Å². The molecule has 2 aliphatic rings. The van der Waals surface area contributed by atoms with Crippen molar-refractivity contribution >= 4 is 35.6 Å². The number of hydroxylamine groups is 2. The van der Waals surface area contributed by atoms with Gasteiger partial charge in [-0.05, 0) is 27.7 Å². The summed E-state index contributed by atoms with van der Waals surface area (Å²) in [6.45, 7) is 7.81. The molecule has 12 heteroatoms. The fourth-order valence-corrected chi connectivity index (χ4v) is 4.80. The molecule has 0 aromatic carbocycles. The number of hydrogen-bond donors (Lipinski definition) is 4. The zero-order valence-electron chi connectivity index (χ0n) is 18.8. The van der Waals surface area contributed by atoms with E-state index in [1.165, 1.54) is 6.92 Å². The summed E-state index contributed by atoms with van der Waals surface area (Å²) in [4.78, 5) is 48.4. The van der Waals surface area contributed by atoms with Crippen molar-refractivity contribution in [3.8, 4) is 0 Å². The summed E-state index contributed by atoms with van der Waals surface area (Å²) in [6, 6.07) is -1.23. The minimum absolute atomic E-state index is 0.154. The molecule has 178 valence electrons. The molecule has 0 spiro atoms. The molecule has 2 atom stereocenters. The quantitative estimate of drug-likeness (QED) is 0.381. The van der Waals surface area contributed by atoms with Crippen molar-refractivity contribution in [1.82, 2.24) is 15.7 Å². The smallest absolute Gasteiger partial charge is 0.352 e. The molecule has 2 rings (SSSR count). The maximum Gasteiger partial charge on any atom is 0.352 e. The van der Waals surface area contributed by atoms with E-state index >= 15 is 0 Å². The molecule has 0 aromatic rings. The number of amides is 1. The van der Waals surface area contributed by atoms with Gasteiger partial charge >= 0.3 is 17.9 Å². The molecule has 0 saturated carbocycles. The predicted octanol–water partition coefficient (Wildman–Crippen LogP) is 0.397. The Morgan fingerprint density at radius 3 is 2.41 bits per heavy atom. The first kappa shape index (κ1) is 25.7. The first-order valence-corrected chi connectivity index (χ1v) is 10.8. The SMILES string of the molecule is COC(=O)C(NC(=O)C1=CC(C)(C)N(O)C1(C)C)C1NC(C(=O)O)=C(COC(C)=O)CS1. The minimum atomic E-state index is -1.29. The highest BCUT2D eigenvalue weighted by atomic mass is 32.2. The van der Waals surface area contributed by atoms with Gasteiger partial charge < -0.3 is 30.4 Å². The summed E-state index contributed by atoms with van der Waals surface area (Å²) in [5, 5.41) is 25.6. The normalized spacial score (nSPS) is 23.0. The second-order valence-electron chi connectivity index (χ2n) is 8.50. The number of carbonyl (C=O) groups is 4. The number of carboxylic acid groups (broad SMARTS) is 1. The number of nitrogens with zero attached hydrogens (tertiary/aromatic N) is 1. The Hall–Kier alpha value is -2.57. The molecule has 2 aliphatic heterocycles. The summed E-state index contributed by atoms with van der Waals surface area (Å²) in [5.41, 5.74) is -1.45. The molecule has 0 radical (unpaired) electrons. The van der Waals surface area contributed by atoms with E-state index in [2.05, 4.69) is 10.6 Å². The fraction of sp³-hybridized carbons (Fsp3) is 0.600. The molecule has 1 amide bonds. The maximum absolute atomic E-state index is 13.1. The van der Waals surface area contributed by atoms with Crippen LogP contribution in [0.15, 0.2) is 22.9 Å². The fourth-order valence-electron chi connectivity index (χ4n) is 3.62. The molecule has 0 aromatic heterocycles. The van der Waals surface area contributed by atoms with Gasteiger partial charge in [-0.25, -0.2) is 9.59 Å². The summed E-state index contributed by atoms with van der Waals surface area (Å²) in [7, 11) is 1.16. The highest BCUT2D eigenvalue weighted by molar-refractivity contribution is 8.00. The number of nitrogens with one attached hydrogen (secondary N) is 2. The third-order valence-electron chi connectivity index (χ3n) is 5.26. The zero-order chi connectivity index (χ0) is 24.4. The Bertz CT molecular complexity index is 880. The van der Waals surface area contributed by atoms with Crippen LogP contribution in [0.25, 0.3) is 0 Å². The summed E-state index contributed by atoms with van der Waals surface area (Å²) >= 11 is 1.16. The van der Waals surface area contributed by atoms with Crippen molar-refractivity contribution in [2.24, 2.45) is 0 Å². The number of ether oxygens (including phenoxy) is 2. The second kappa shape index (κ2) is 9.51. The number of thioether (sulfide) groups is 1. The maximum atomic E-state index is 13.1. The van der Waals surface area contributed by atoms with E-state index in [9.17, 15) is 29.5 Å². The standard InChI is InChI=1S/C20H29N3O8S/c1-10(24)31-8-11-9-32-16(22-13(11)17(26)27)14(18(28)30-6)21-15(25)12-7-19(2,3)23(29)20(12,4)5/h7,14,16,22,29H,8-9H2,1-6H3,(H,21,25)(H,26,27). The van der Waals surface area contributed by atoms with Crippen LogP contribution in [0.1, 0.15) is 34.6 Å². The lowest BCUT2D eigenvalue weighted by molar-refractivity contribution is -0.186. The van der Waals surface area contributed by atoms with Crippen LogP contribution in [0.4, 0.5) is 0 Å². The first-order chi connectivity index (χ1) is 14.7. The second-order valence-corrected chi connectivity index (χ2v) is 9.63. The Morgan fingerprint density at radius 1 is 1.31 bits per heavy atom.